The maximum absolute atomic E-state index is 5.69. The molecule has 0 amide bonds. The van der Waals surface area contributed by atoms with Crippen LogP contribution < -0.4 is 0 Å². The van der Waals surface area contributed by atoms with Crippen LogP contribution in [0.3, 0.4) is 0 Å². The molecule has 0 unspecified atom stereocenters. The van der Waals surface area contributed by atoms with E-state index in [0.717, 1.165) is 31.6 Å². The van der Waals surface area contributed by atoms with Gasteiger partial charge in [-0.3, -0.25) is 0 Å². The molecule has 1 aromatic heterocycles. The number of hydrogen-bond donors (Lipinski definition) is 0. The number of hydrogen-bond acceptors (Lipinski definition) is 1. The Labute approximate surface area is 128 Å². The van der Waals surface area contributed by atoms with E-state index in [0.29, 0.717) is 0 Å². The van der Waals surface area contributed by atoms with E-state index in [1.807, 2.05) is 36.4 Å². The summed E-state index contributed by atoms with van der Waals surface area (Å²) in [5.74, 6) is 0. The third-order valence-electron chi connectivity index (χ3n) is 2.95. The maximum Gasteiger partial charge on any atom is 0.179 e. The smallest absolute Gasteiger partial charge is 0.179 e. The molecular weight excluding hydrogens is 368 g/mol. The van der Waals surface area contributed by atoms with Crippen LogP contribution in [0.2, 0.25) is 0 Å². The molecule has 3 rings (SSSR count). The van der Waals surface area contributed by atoms with Crippen molar-refractivity contribution in [2.75, 3.05) is 0 Å². The fourth-order valence-electron chi connectivity index (χ4n) is 2.10. The zero-order chi connectivity index (χ0) is 13.2. The van der Waals surface area contributed by atoms with Gasteiger partial charge in [-0.15, -0.1) is 0 Å². The summed E-state index contributed by atoms with van der Waals surface area (Å²) >= 11 is 7.01. The summed E-state index contributed by atoms with van der Waals surface area (Å²) in [6.45, 7) is 0. The van der Waals surface area contributed by atoms with Crippen molar-refractivity contribution in [3.05, 3.63) is 70.0 Å². The molecule has 19 heavy (non-hydrogen) atoms. The van der Waals surface area contributed by atoms with Crippen LogP contribution in [0.4, 0.5) is 0 Å². The van der Waals surface area contributed by atoms with Gasteiger partial charge in [-0.2, -0.15) is 0 Å². The first-order valence-corrected chi connectivity index (χ1v) is 7.44. The highest BCUT2D eigenvalue weighted by atomic mass is 79.9. The molecule has 3 aromatic rings. The van der Waals surface area contributed by atoms with Gasteiger partial charge in [0.1, 0.15) is 0 Å². The minimum atomic E-state index is 0.740. The van der Waals surface area contributed by atoms with Crippen LogP contribution in [0, 0.1) is 0 Å². The van der Waals surface area contributed by atoms with Crippen LogP contribution >= 0.6 is 31.9 Å². The molecule has 3 heteroatoms. The fraction of sp³-hybridized carbons (Fsp3) is 0. The topological polar surface area (TPSA) is 13.1 Å². The Balaban J connectivity index is 2.26. The summed E-state index contributed by atoms with van der Waals surface area (Å²) in [6, 6.07) is 20.4. The monoisotopic (exact) mass is 376 g/mol. The van der Waals surface area contributed by atoms with E-state index in [2.05, 4.69) is 56.1 Å². The molecule has 1 heterocycles. The highest BCUT2D eigenvalue weighted by molar-refractivity contribution is 9.11. The molecule has 0 saturated carbocycles. The quantitative estimate of drug-likeness (QED) is 0.522. The normalized spacial score (nSPS) is 10.6. The molecule has 0 spiro atoms. The summed E-state index contributed by atoms with van der Waals surface area (Å²) in [5, 5.41) is 0. The Morgan fingerprint density at radius 2 is 0.947 bits per heavy atom. The van der Waals surface area contributed by atoms with Crippen LogP contribution in [0.15, 0.2) is 74.4 Å². The first-order chi connectivity index (χ1) is 9.27. The van der Waals surface area contributed by atoms with Gasteiger partial charge in [-0.25, -0.2) is 0 Å². The van der Waals surface area contributed by atoms with Crippen LogP contribution in [0.25, 0.3) is 22.3 Å². The molecule has 1 nitrogen and oxygen atoms in total. The van der Waals surface area contributed by atoms with Gasteiger partial charge in [0.25, 0.3) is 0 Å². The van der Waals surface area contributed by atoms with E-state index >= 15 is 0 Å². The Bertz CT molecular complexity index is 628. The van der Waals surface area contributed by atoms with Crippen LogP contribution in [0.5, 0.6) is 0 Å². The van der Waals surface area contributed by atoms with Gasteiger partial charge in [0.2, 0.25) is 0 Å². The average molecular weight is 378 g/mol. The number of rotatable bonds is 2. The molecule has 2 aromatic carbocycles. The zero-order valence-corrected chi connectivity index (χ0v) is 13.1. The lowest BCUT2D eigenvalue weighted by Crippen LogP contribution is -1.81. The lowest BCUT2D eigenvalue weighted by atomic mass is 9.99. The number of halogens is 2. The van der Waals surface area contributed by atoms with Gasteiger partial charge in [0, 0.05) is 11.1 Å². The highest BCUT2D eigenvalue weighted by Crippen LogP contribution is 2.44. The van der Waals surface area contributed by atoms with Crippen LogP contribution in [-0.2, 0) is 0 Å². The predicted molar refractivity (Wildman–Crippen MR) is 85.0 cm³/mol. The second-order valence-corrected chi connectivity index (χ2v) is 5.57. The average Bonchev–Trinajstić information content (AvgIpc) is 2.75. The van der Waals surface area contributed by atoms with E-state index in [1.54, 1.807) is 0 Å². The third-order valence-corrected chi connectivity index (χ3v) is 4.06. The Hall–Kier alpha value is -1.32. The summed E-state index contributed by atoms with van der Waals surface area (Å²) < 4.78 is 7.17. The summed E-state index contributed by atoms with van der Waals surface area (Å²) in [5.41, 5.74) is 4.39. The van der Waals surface area contributed by atoms with Crippen molar-refractivity contribution in [2.24, 2.45) is 0 Å². The predicted octanol–water partition coefficient (Wildman–Crippen LogP) is 6.14. The second kappa shape index (κ2) is 5.35. The van der Waals surface area contributed by atoms with Crippen molar-refractivity contribution in [1.82, 2.24) is 0 Å². The summed E-state index contributed by atoms with van der Waals surface area (Å²) in [6.07, 6.45) is 0. The molecule has 0 aliphatic heterocycles. The van der Waals surface area contributed by atoms with Crippen molar-refractivity contribution < 1.29 is 4.42 Å². The van der Waals surface area contributed by atoms with Crippen molar-refractivity contribution in [2.45, 2.75) is 0 Å². The molecule has 0 radical (unpaired) electrons. The van der Waals surface area contributed by atoms with Crippen molar-refractivity contribution in [3.63, 3.8) is 0 Å². The SMILES string of the molecule is Brc1oc(Br)c(-c2ccccc2)c1-c1ccccc1. The molecule has 0 N–H and O–H groups in total. The molecule has 0 fully saturated rings. The van der Waals surface area contributed by atoms with Crippen molar-refractivity contribution in [3.8, 4) is 22.3 Å². The lowest BCUT2D eigenvalue weighted by molar-refractivity contribution is 0.518. The van der Waals surface area contributed by atoms with E-state index in [1.165, 1.54) is 0 Å². The first-order valence-electron chi connectivity index (χ1n) is 5.86. The largest absolute Gasteiger partial charge is 0.441 e. The van der Waals surface area contributed by atoms with E-state index in [9.17, 15) is 0 Å². The summed E-state index contributed by atoms with van der Waals surface area (Å²) in [4.78, 5) is 0. The van der Waals surface area contributed by atoms with E-state index in [4.69, 9.17) is 4.42 Å². The van der Waals surface area contributed by atoms with Gasteiger partial charge in [-0.1, -0.05) is 60.7 Å². The van der Waals surface area contributed by atoms with Gasteiger partial charge >= 0.3 is 0 Å². The maximum atomic E-state index is 5.69. The Morgan fingerprint density at radius 3 is 1.32 bits per heavy atom. The molecule has 94 valence electrons. The number of furan rings is 1. The summed E-state index contributed by atoms with van der Waals surface area (Å²) in [7, 11) is 0. The Morgan fingerprint density at radius 1 is 0.579 bits per heavy atom. The second-order valence-electron chi connectivity index (χ2n) is 4.13. The van der Waals surface area contributed by atoms with Gasteiger partial charge in [-0.05, 0) is 43.0 Å². The van der Waals surface area contributed by atoms with Gasteiger partial charge < -0.3 is 4.42 Å². The standard InChI is InChI=1S/C16H10Br2O/c17-15-13(11-7-3-1-4-8-11)14(16(18)19-15)12-9-5-2-6-10-12/h1-10H. The van der Waals surface area contributed by atoms with Crippen molar-refractivity contribution in [1.29, 1.82) is 0 Å². The van der Waals surface area contributed by atoms with E-state index in [-0.39, 0.29) is 0 Å². The molecule has 0 saturated heterocycles. The van der Waals surface area contributed by atoms with Gasteiger partial charge in [0.05, 0.1) is 0 Å². The minimum absolute atomic E-state index is 0.740. The van der Waals surface area contributed by atoms with Crippen molar-refractivity contribution >= 4 is 31.9 Å². The lowest BCUT2D eigenvalue weighted by Gasteiger charge is -2.04. The van der Waals surface area contributed by atoms with Crippen LogP contribution in [-0.4, -0.2) is 0 Å². The van der Waals surface area contributed by atoms with E-state index < -0.39 is 0 Å². The third kappa shape index (κ3) is 2.40. The highest BCUT2D eigenvalue weighted by Gasteiger charge is 2.19. The Kier molecular flexibility index (Phi) is 3.58. The molecule has 0 bridgehead atoms. The zero-order valence-electron chi connectivity index (χ0n) is 9.94. The minimum Gasteiger partial charge on any atom is -0.441 e. The number of benzene rings is 2. The van der Waals surface area contributed by atoms with Gasteiger partial charge in [0.15, 0.2) is 9.34 Å². The first kappa shape index (κ1) is 12.7. The molecule has 0 atom stereocenters. The fourth-order valence-corrected chi connectivity index (χ4v) is 3.50. The molecular formula is C16H10Br2O. The molecule has 0 aliphatic carbocycles. The van der Waals surface area contributed by atoms with Crippen LogP contribution in [0.1, 0.15) is 0 Å². The molecule has 0 aliphatic rings.